The molecule has 18 heavy (non-hydrogen) atoms. The highest BCUT2D eigenvalue weighted by Gasteiger charge is 2.31. The number of benzene rings is 1. The Labute approximate surface area is 107 Å². The van der Waals surface area contributed by atoms with Gasteiger partial charge in [0, 0.05) is 0 Å². The maximum Gasteiger partial charge on any atom is 0.335 e. The molecule has 100 valence electrons. The maximum atomic E-state index is 12.7. The number of anilines is 1. The molecule has 0 bridgehead atoms. The van der Waals surface area contributed by atoms with E-state index in [9.17, 15) is 9.18 Å². The van der Waals surface area contributed by atoms with Crippen molar-refractivity contribution in [2.75, 3.05) is 5.48 Å². The van der Waals surface area contributed by atoms with Crippen LogP contribution in [0, 0.1) is 17.2 Å². The zero-order valence-electron chi connectivity index (χ0n) is 11.3. The lowest BCUT2D eigenvalue weighted by Gasteiger charge is -2.27. The number of halogens is 1. The lowest BCUT2D eigenvalue weighted by molar-refractivity contribution is -0.149. The number of hydrogen-bond acceptors (Lipinski definition) is 3. The van der Waals surface area contributed by atoms with Crippen LogP contribution in [0.1, 0.15) is 34.1 Å². The zero-order chi connectivity index (χ0) is 13.8. The zero-order valence-corrected chi connectivity index (χ0v) is 11.3. The van der Waals surface area contributed by atoms with Crippen LogP contribution in [0.15, 0.2) is 24.3 Å². The summed E-state index contributed by atoms with van der Waals surface area (Å²) in [6, 6.07) is 5.63. The molecule has 1 aromatic rings. The maximum absolute atomic E-state index is 12.7. The Morgan fingerprint density at radius 1 is 1.33 bits per heavy atom. The molecule has 0 aromatic heterocycles. The Hall–Kier alpha value is -1.58. The molecule has 0 spiro atoms. The lowest BCUT2D eigenvalue weighted by atomic mass is 9.79. The van der Waals surface area contributed by atoms with Gasteiger partial charge in [-0.1, -0.05) is 27.7 Å². The van der Waals surface area contributed by atoms with Gasteiger partial charge in [0.15, 0.2) is 0 Å². The van der Waals surface area contributed by atoms with Gasteiger partial charge < -0.3 is 4.84 Å². The molecule has 4 heteroatoms. The molecule has 1 N–H and O–H groups in total. The monoisotopic (exact) mass is 253 g/mol. The van der Waals surface area contributed by atoms with E-state index >= 15 is 0 Å². The van der Waals surface area contributed by atoms with E-state index in [2.05, 4.69) is 5.48 Å². The van der Waals surface area contributed by atoms with E-state index in [4.69, 9.17) is 4.84 Å². The van der Waals surface area contributed by atoms with Crippen LogP contribution in [0.3, 0.4) is 0 Å². The topological polar surface area (TPSA) is 38.3 Å². The molecule has 0 radical (unpaired) electrons. The summed E-state index contributed by atoms with van der Waals surface area (Å²) in [5.41, 5.74) is 2.95. The van der Waals surface area contributed by atoms with E-state index in [1.807, 2.05) is 27.7 Å². The van der Waals surface area contributed by atoms with Crippen LogP contribution in [0.4, 0.5) is 10.1 Å². The second-order valence-corrected chi connectivity index (χ2v) is 5.36. The predicted octanol–water partition coefficient (Wildman–Crippen LogP) is 3.77. The van der Waals surface area contributed by atoms with Crippen LogP contribution in [-0.4, -0.2) is 5.97 Å². The number of rotatable bonds is 4. The van der Waals surface area contributed by atoms with Gasteiger partial charge in [0.1, 0.15) is 5.82 Å². The van der Waals surface area contributed by atoms with Crippen LogP contribution < -0.4 is 5.48 Å². The van der Waals surface area contributed by atoms with Crippen LogP contribution in [0.2, 0.25) is 0 Å². The molecule has 0 aliphatic rings. The highest BCUT2D eigenvalue weighted by atomic mass is 19.1. The molecule has 0 saturated carbocycles. The normalized spacial score (nSPS) is 12.9. The van der Waals surface area contributed by atoms with E-state index in [-0.39, 0.29) is 23.1 Å². The summed E-state index contributed by atoms with van der Waals surface area (Å²) < 4.78 is 12.7. The predicted molar refractivity (Wildman–Crippen MR) is 69.4 cm³/mol. The Balaban J connectivity index is 2.57. The largest absolute Gasteiger partial charge is 0.343 e. The Kier molecular flexibility index (Phi) is 4.70. The van der Waals surface area contributed by atoms with Gasteiger partial charge in [0.25, 0.3) is 0 Å². The average Bonchev–Trinajstić information content (AvgIpc) is 2.27. The van der Waals surface area contributed by atoms with Crippen molar-refractivity contribution >= 4 is 11.7 Å². The van der Waals surface area contributed by atoms with Gasteiger partial charge in [-0.25, -0.2) is 14.7 Å². The summed E-state index contributed by atoms with van der Waals surface area (Å²) in [5, 5.41) is 0. The molecular weight excluding hydrogens is 233 g/mol. The Bertz CT molecular complexity index is 395. The van der Waals surface area contributed by atoms with Crippen molar-refractivity contribution in [1.82, 2.24) is 0 Å². The number of carbonyl (C=O) groups excluding carboxylic acids is 1. The lowest BCUT2D eigenvalue weighted by Crippen LogP contribution is -2.31. The van der Waals surface area contributed by atoms with Gasteiger partial charge in [-0.2, -0.15) is 0 Å². The van der Waals surface area contributed by atoms with E-state index in [0.717, 1.165) is 0 Å². The van der Waals surface area contributed by atoms with Crippen molar-refractivity contribution in [3.05, 3.63) is 30.1 Å². The van der Waals surface area contributed by atoms with Crippen molar-refractivity contribution in [2.24, 2.45) is 11.3 Å². The highest BCUT2D eigenvalue weighted by molar-refractivity contribution is 5.74. The Morgan fingerprint density at radius 3 is 2.33 bits per heavy atom. The molecule has 0 heterocycles. The van der Waals surface area contributed by atoms with Gasteiger partial charge in [-0.05, 0) is 36.1 Å². The summed E-state index contributed by atoms with van der Waals surface area (Å²) in [4.78, 5) is 16.9. The first-order valence-corrected chi connectivity index (χ1v) is 6.07. The summed E-state index contributed by atoms with van der Waals surface area (Å²) in [6.07, 6.45) is 0.716. The van der Waals surface area contributed by atoms with Gasteiger partial charge >= 0.3 is 5.97 Å². The molecule has 1 unspecified atom stereocenters. The minimum absolute atomic E-state index is 0.143. The van der Waals surface area contributed by atoms with Crippen molar-refractivity contribution < 1.29 is 14.0 Å². The first-order chi connectivity index (χ1) is 8.34. The van der Waals surface area contributed by atoms with Crippen LogP contribution >= 0.6 is 0 Å². The van der Waals surface area contributed by atoms with Crippen molar-refractivity contribution in [3.8, 4) is 0 Å². The SMILES string of the molecule is CCC(C(=O)ONc1ccc(F)cc1)C(C)(C)C. The van der Waals surface area contributed by atoms with Crippen molar-refractivity contribution in [1.29, 1.82) is 0 Å². The minimum Gasteiger partial charge on any atom is -0.343 e. The van der Waals surface area contributed by atoms with E-state index in [1.165, 1.54) is 24.3 Å². The number of hydrogen-bond donors (Lipinski definition) is 1. The van der Waals surface area contributed by atoms with Gasteiger partial charge in [-0.3, -0.25) is 0 Å². The standard InChI is InChI=1S/C14H20FNO2/c1-5-12(14(2,3)4)13(17)18-16-11-8-6-10(15)7-9-11/h6-9,12,16H,5H2,1-4H3. The molecule has 0 amide bonds. The van der Waals surface area contributed by atoms with E-state index < -0.39 is 0 Å². The van der Waals surface area contributed by atoms with Crippen LogP contribution in [0.5, 0.6) is 0 Å². The first kappa shape index (κ1) is 14.5. The highest BCUT2D eigenvalue weighted by Crippen LogP contribution is 2.29. The molecule has 1 atom stereocenters. The summed E-state index contributed by atoms with van der Waals surface area (Å²) in [6.45, 7) is 7.95. The van der Waals surface area contributed by atoms with Crippen LogP contribution in [-0.2, 0) is 9.63 Å². The molecule has 1 aromatic carbocycles. The number of carbonyl (C=O) groups is 1. The fourth-order valence-corrected chi connectivity index (χ4v) is 1.83. The molecule has 1 rings (SSSR count). The minimum atomic E-state index is -0.326. The van der Waals surface area contributed by atoms with Crippen molar-refractivity contribution in [3.63, 3.8) is 0 Å². The summed E-state index contributed by atoms with van der Waals surface area (Å²) in [7, 11) is 0. The molecule has 0 aliphatic carbocycles. The average molecular weight is 253 g/mol. The first-order valence-electron chi connectivity index (χ1n) is 6.07. The third kappa shape index (κ3) is 4.02. The second-order valence-electron chi connectivity index (χ2n) is 5.36. The molecule has 0 fully saturated rings. The second kappa shape index (κ2) is 5.85. The smallest absolute Gasteiger partial charge is 0.335 e. The Morgan fingerprint density at radius 2 is 1.89 bits per heavy atom. The third-order valence-corrected chi connectivity index (χ3v) is 2.85. The fourth-order valence-electron chi connectivity index (χ4n) is 1.83. The van der Waals surface area contributed by atoms with Gasteiger partial charge in [-0.15, -0.1) is 0 Å². The van der Waals surface area contributed by atoms with E-state index in [1.54, 1.807) is 0 Å². The molecule has 0 aliphatic heterocycles. The van der Waals surface area contributed by atoms with Gasteiger partial charge in [0.2, 0.25) is 0 Å². The van der Waals surface area contributed by atoms with Gasteiger partial charge in [0.05, 0.1) is 11.6 Å². The van der Waals surface area contributed by atoms with Crippen LogP contribution in [0.25, 0.3) is 0 Å². The molecular formula is C14H20FNO2. The summed E-state index contributed by atoms with van der Waals surface area (Å²) in [5.74, 6) is -0.798. The molecule has 3 nitrogen and oxygen atoms in total. The quantitative estimate of drug-likeness (QED) is 0.830. The summed E-state index contributed by atoms with van der Waals surface area (Å²) >= 11 is 0. The number of nitrogens with one attached hydrogen (secondary N) is 1. The van der Waals surface area contributed by atoms with Crippen molar-refractivity contribution in [2.45, 2.75) is 34.1 Å². The third-order valence-electron chi connectivity index (χ3n) is 2.85. The molecule has 0 saturated heterocycles. The fraction of sp³-hybridized carbons (Fsp3) is 0.500. The van der Waals surface area contributed by atoms with E-state index in [0.29, 0.717) is 12.1 Å².